The molecule has 1 aliphatic heterocycles. The first-order chi connectivity index (χ1) is 13.0. The minimum atomic E-state index is -0.447. The minimum absolute atomic E-state index is 0.0933. The Bertz CT molecular complexity index is 843. The van der Waals surface area contributed by atoms with Crippen molar-refractivity contribution in [2.24, 2.45) is 10.4 Å². The predicted octanol–water partition coefficient (Wildman–Crippen LogP) is 5.24. The Balaban J connectivity index is 1.72. The number of hydrogen-bond acceptors (Lipinski definition) is 7. The van der Waals surface area contributed by atoms with Gasteiger partial charge >= 0.3 is 5.97 Å². The summed E-state index contributed by atoms with van der Waals surface area (Å²) >= 11 is 7.83. The van der Waals surface area contributed by atoms with Crippen LogP contribution in [0, 0.1) is 5.41 Å². The Morgan fingerprint density at radius 1 is 1.36 bits per heavy atom. The lowest BCUT2D eigenvalue weighted by Crippen LogP contribution is -2.29. The monoisotopic (exact) mass is 422 g/mol. The van der Waals surface area contributed by atoms with E-state index in [1.165, 1.54) is 6.33 Å². The summed E-state index contributed by atoms with van der Waals surface area (Å²) in [5.74, 6) is -0.175. The van der Waals surface area contributed by atoms with Gasteiger partial charge in [0.1, 0.15) is 22.6 Å². The molecule has 8 heteroatoms. The Hall–Kier alpha value is -1.60. The Morgan fingerprint density at radius 2 is 2.11 bits per heavy atom. The Kier molecular flexibility index (Phi) is 6.05. The fourth-order valence-corrected chi connectivity index (χ4v) is 4.57. The van der Waals surface area contributed by atoms with Gasteiger partial charge in [-0.3, -0.25) is 9.79 Å². The molecule has 0 bridgehead atoms. The van der Waals surface area contributed by atoms with E-state index in [1.54, 1.807) is 11.8 Å². The van der Waals surface area contributed by atoms with Crippen molar-refractivity contribution in [2.75, 3.05) is 11.9 Å². The van der Waals surface area contributed by atoms with E-state index in [4.69, 9.17) is 21.3 Å². The van der Waals surface area contributed by atoms with Crippen molar-refractivity contribution in [3.8, 4) is 0 Å². The van der Waals surface area contributed by atoms with E-state index in [9.17, 15) is 4.79 Å². The van der Waals surface area contributed by atoms with Gasteiger partial charge in [0, 0.05) is 18.7 Å². The molecule has 0 aromatic carbocycles. The maximum Gasteiger partial charge on any atom is 0.306 e. The normalized spacial score (nSPS) is 19.7. The van der Waals surface area contributed by atoms with E-state index in [0.29, 0.717) is 24.5 Å². The molecule has 0 radical (unpaired) electrons. The number of hydrogen-bond donors (Lipinski definition) is 1. The molecular formula is C20H27ClN4O2S. The van der Waals surface area contributed by atoms with Crippen LogP contribution in [-0.2, 0) is 9.53 Å². The van der Waals surface area contributed by atoms with Crippen LogP contribution in [0.3, 0.4) is 0 Å². The molecule has 6 nitrogen and oxygen atoms in total. The number of thioether (sulfide) groups is 1. The first kappa shape index (κ1) is 21.1. The molecule has 2 heterocycles. The topological polar surface area (TPSA) is 76.5 Å². The molecule has 0 saturated carbocycles. The summed E-state index contributed by atoms with van der Waals surface area (Å²) in [6.45, 7) is 10.7. The average Bonchev–Trinajstić information content (AvgIpc) is 2.55. The fraction of sp³-hybridized carbons (Fsp3) is 0.600. The molecule has 1 aromatic heterocycles. The zero-order valence-corrected chi connectivity index (χ0v) is 18.6. The second-order valence-electron chi connectivity index (χ2n) is 8.92. The van der Waals surface area contributed by atoms with Crippen LogP contribution in [0.4, 0.5) is 5.69 Å². The number of rotatable bonds is 4. The van der Waals surface area contributed by atoms with Gasteiger partial charge in [0.25, 0.3) is 0 Å². The summed E-state index contributed by atoms with van der Waals surface area (Å²) in [6.07, 6.45) is 4.33. The number of halogens is 1. The highest BCUT2D eigenvalue weighted by molar-refractivity contribution is 8.04. The van der Waals surface area contributed by atoms with E-state index in [-0.39, 0.29) is 11.4 Å². The molecule has 28 heavy (non-hydrogen) atoms. The number of aliphatic imine (C=N–C) groups is 1. The number of allylic oxidation sites excluding steroid dienone is 2. The summed E-state index contributed by atoms with van der Waals surface area (Å²) in [5.41, 5.74) is 2.60. The zero-order valence-electron chi connectivity index (χ0n) is 17.1. The van der Waals surface area contributed by atoms with Gasteiger partial charge in [0.15, 0.2) is 5.15 Å². The minimum Gasteiger partial charge on any atom is -0.460 e. The van der Waals surface area contributed by atoms with Crippen molar-refractivity contribution in [3.05, 3.63) is 22.1 Å². The van der Waals surface area contributed by atoms with Gasteiger partial charge in [-0.05, 0) is 45.4 Å². The van der Waals surface area contributed by atoms with Gasteiger partial charge in [-0.25, -0.2) is 9.97 Å². The van der Waals surface area contributed by atoms with Crippen molar-refractivity contribution >= 4 is 40.7 Å². The van der Waals surface area contributed by atoms with Gasteiger partial charge in [-0.1, -0.05) is 37.2 Å². The van der Waals surface area contributed by atoms with E-state index >= 15 is 0 Å². The number of nitrogens with one attached hydrogen (secondary N) is 1. The van der Waals surface area contributed by atoms with Crippen LogP contribution in [0.1, 0.15) is 60.3 Å². The third kappa shape index (κ3) is 5.26. The van der Waals surface area contributed by atoms with Crippen molar-refractivity contribution < 1.29 is 9.53 Å². The molecule has 1 N–H and O–H groups in total. The van der Waals surface area contributed by atoms with E-state index in [0.717, 1.165) is 39.9 Å². The summed E-state index contributed by atoms with van der Waals surface area (Å²) in [5, 5.41) is 4.69. The van der Waals surface area contributed by atoms with E-state index in [1.807, 2.05) is 20.8 Å². The summed E-state index contributed by atoms with van der Waals surface area (Å²) in [6, 6.07) is 0. The Morgan fingerprint density at radius 3 is 2.82 bits per heavy atom. The summed E-state index contributed by atoms with van der Waals surface area (Å²) in [4.78, 5) is 26.3. The first-order valence-corrected chi connectivity index (χ1v) is 10.7. The van der Waals surface area contributed by atoms with Crippen molar-refractivity contribution in [2.45, 2.75) is 70.9 Å². The molecule has 0 unspecified atom stereocenters. The molecule has 0 saturated heterocycles. The molecule has 0 atom stereocenters. The van der Waals surface area contributed by atoms with Crippen LogP contribution in [0.5, 0.6) is 0 Å². The van der Waals surface area contributed by atoms with Gasteiger partial charge in [0.05, 0.1) is 10.6 Å². The summed E-state index contributed by atoms with van der Waals surface area (Å²) in [7, 11) is 0. The number of aromatic nitrogens is 2. The fourth-order valence-electron chi connectivity index (χ4n) is 3.29. The van der Waals surface area contributed by atoms with Crippen LogP contribution in [0.15, 0.2) is 26.9 Å². The predicted molar refractivity (Wildman–Crippen MR) is 114 cm³/mol. The molecule has 1 aromatic rings. The molecular weight excluding hydrogens is 396 g/mol. The highest BCUT2D eigenvalue weighted by atomic mass is 35.5. The molecule has 0 fully saturated rings. The highest BCUT2D eigenvalue weighted by Crippen LogP contribution is 2.48. The molecule has 3 rings (SSSR count). The maximum absolute atomic E-state index is 11.9. The van der Waals surface area contributed by atoms with Crippen LogP contribution in [0.25, 0.3) is 0 Å². The SMILES string of the molecule is CC1(C)CC(=NCCCC(=O)OC(C)(C)C)C2=C(C1)Nc1c(Cl)ncnc1S2. The molecule has 0 spiro atoms. The second-order valence-corrected chi connectivity index (χ2v) is 10.3. The lowest BCUT2D eigenvalue weighted by atomic mass is 9.78. The lowest BCUT2D eigenvalue weighted by molar-refractivity contribution is -0.154. The van der Waals surface area contributed by atoms with Gasteiger partial charge < -0.3 is 10.1 Å². The van der Waals surface area contributed by atoms with Crippen LogP contribution in [-0.4, -0.2) is 33.8 Å². The number of fused-ring (bicyclic) bond motifs is 1. The quantitative estimate of drug-likeness (QED) is 0.406. The smallest absolute Gasteiger partial charge is 0.306 e. The van der Waals surface area contributed by atoms with Crippen LogP contribution >= 0.6 is 23.4 Å². The average molecular weight is 423 g/mol. The third-order valence-corrected chi connectivity index (χ3v) is 5.82. The number of carbonyl (C=O) groups excluding carboxylic acids is 1. The molecule has 0 amide bonds. The maximum atomic E-state index is 11.9. The van der Waals surface area contributed by atoms with Crippen molar-refractivity contribution in [1.82, 2.24) is 9.97 Å². The Labute approximate surface area is 175 Å². The van der Waals surface area contributed by atoms with Crippen molar-refractivity contribution in [1.29, 1.82) is 0 Å². The molecule has 2 aliphatic rings. The summed E-state index contributed by atoms with van der Waals surface area (Å²) < 4.78 is 5.36. The molecule has 152 valence electrons. The van der Waals surface area contributed by atoms with Crippen molar-refractivity contribution in [3.63, 3.8) is 0 Å². The first-order valence-electron chi connectivity index (χ1n) is 9.48. The number of anilines is 1. The van der Waals surface area contributed by atoms with Gasteiger partial charge in [-0.15, -0.1) is 0 Å². The number of nitrogens with zero attached hydrogens (tertiary/aromatic N) is 3. The number of carbonyl (C=O) groups is 1. The number of ether oxygens (including phenoxy) is 1. The molecule has 1 aliphatic carbocycles. The highest BCUT2D eigenvalue weighted by Gasteiger charge is 2.35. The third-order valence-electron chi connectivity index (χ3n) is 4.34. The lowest BCUT2D eigenvalue weighted by Gasteiger charge is -2.36. The largest absolute Gasteiger partial charge is 0.460 e. The van der Waals surface area contributed by atoms with Gasteiger partial charge in [0.2, 0.25) is 0 Å². The van der Waals surface area contributed by atoms with Crippen LogP contribution in [0.2, 0.25) is 5.15 Å². The zero-order chi connectivity index (χ0) is 20.5. The van der Waals surface area contributed by atoms with E-state index in [2.05, 4.69) is 29.1 Å². The van der Waals surface area contributed by atoms with E-state index < -0.39 is 5.60 Å². The standard InChI is InChI=1S/C20H27ClN4O2S/c1-19(2,3)27-14(26)7-6-8-22-12-9-20(4,5)10-13-16(12)28-18-15(25-13)17(21)23-11-24-18/h11,25H,6-10H2,1-5H3. The van der Waals surface area contributed by atoms with Gasteiger partial charge in [-0.2, -0.15) is 0 Å². The number of esters is 1. The second kappa shape index (κ2) is 8.03. The van der Waals surface area contributed by atoms with Crippen LogP contribution < -0.4 is 5.32 Å².